The van der Waals surface area contributed by atoms with Gasteiger partial charge in [0.1, 0.15) is 0 Å². The van der Waals surface area contributed by atoms with Gasteiger partial charge in [-0.3, -0.25) is 9.78 Å². The smallest absolute Gasteiger partial charge is 0.254 e. The van der Waals surface area contributed by atoms with Crippen molar-refractivity contribution >= 4 is 5.91 Å². The van der Waals surface area contributed by atoms with Crippen LogP contribution in [0.15, 0.2) is 18.3 Å². The van der Waals surface area contributed by atoms with Gasteiger partial charge < -0.3 is 10.6 Å². The van der Waals surface area contributed by atoms with Gasteiger partial charge in [-0.05, 0) is 31.4 Å². The fraction of sp³-hybridized carbons (Fsp3) is 0.571. The summed E-state index contributed by atoms with van der Waals surface area (Å²) >= 11 is 0. The fourth-order valence-electron chi connectivity index (χ4n) is 2.05. The summed E-state index contributed by atoms with van der Waals surface area (Å²) in [7, 11) is 0. The highest BCUT2D eigenvalue weighted by Crippen LogP contribution is 2.28. The highest BCUT2D eigenvalue weighted by molar-refractivity contribution is 5.94. The minimum atomic E-state index is 0.128. The number of hydrogen-bond acceptors (Lipinski definition) is 3. The molecule has 2 rings (SSSR count). The Bertz CT molecular complexity index is 415. The maximum Gasteiger partial charge on any atom is 0.254 e. The SMILES string of the molecule is CCCCN(C(=O)c1ccnc(CN)c1)C1CC1. The maximum atomic E-state index is 12.5. The first-order chi connectivity index (χ1) is 8.76. The number of carbonyl (C=O) groups excluding carboxylic acids is 1. The second-order valence-corrected chi connectivity index (χ2v) is 4.82. The van der Waals surface area contributed by atoms with Crippen LogP contribution in [0.2, 0.25) is 0 Å². The van der Waals surface area contributed by atoms with Crippen molar-refractivity contribution in [1.29, 1.82) is 0 Å². The quantitative estimate of drug-likeness (QED) is 0.835. The van der Waals surface area contributed by atoms with Gasteiger partial charge >= 0.3 is 0 Å². The molecule has 1 fully saturated rings. The average molecular weight is 247 g/mol. The third-order valence-corrected chi connectivity index (χ3v) is 3.27. The minimum absolute atomic E-state index is 0.128. The molecular weight excluding hydrogens is 226 g/mol. The van der Waals surface area contributed by atoms with Crippen molar-refractivity contribution in [3.8, 4) is 0 Å². The van der Waals surface area contributed by atoms with E-state index < -0.39 is 0 Å². The van der Waals surface area contributed by atoms with E-state index in [1.165, 1.54) is 0 Å². The van der Waals surface area contributed by atoms with E-state index in [-0.39, 0.29) is 5.91 Å². The highest BCUT2D eigenvalue weighted by atomic mass is 16.2. The highest BCUT2D eigenvalue weighted by Gasteiger charge is 2.32. The summed E-state index contributed by atoms with van der Waals surface area (Å²) < 4.78 is 0. The van der Waals surface area contributed by atoms with E-state index in [1.54, 1.807) is 12.3 Å². The van der Waals surface area contributed by atoms with Gasteiger partial charge in [0.15, 0.2) is 0 Å². The molecule has 1 aliphatic carbocycles. The van der Waals surface area contributed by atoms with Crippen LogP contribution in [0.3, 0.4) is 0 Å². The standard InChI is InChI=1S/C14H21N3O/c1-2-3-8-17(13-4-5-13)14(18)11-6-7-16-12(9-11)10-15/h6-7,9,13H,2-5,8,10,15H2,1H3. The van der Waals surface area contributed by atoms with E-state index in [9.17, 15) is 4.79 Å². The van der Waals surface area contributed by atoms with Gasteiger partial charge in [0, 0.05) is 30.9 Å². The Morgan fingerprint density at radius 3 is 2.94 bits per heavy atom. The fourth-order valence-corrected chi connectivity index (χ4v) is 2.05. The van der Waals surface area contributed by atoms with Gasteiger partial charge in [0.25, 0.3) is 5.91 Å². The second-order valence-electron chi connectivity index (χ2n) is 4.82. The summed E-state index contributed by atoms with van der Waals surface area (Å²) in [6.07, 6.45) is 6.13. The number of carbonyl (C=O) groups is 1. The van der Waals surface area contributed by atoms with Crippen LogP contribution in [0, 0.1) is 0 Å². The van der Waals surface area contributed by atoms with Gasteiger partial charge in [-0.2, -0.15) is 0 Å². The van der Waals surface area contributed by atoms with Crippen molar-refractivity contribution < 1.29 is 4.79 Å². The zero-order chi connectivity index (χ0) is 13.0. The zero-order valence-electron chi connectivity index (χ0n) is 10.9. The van der Waals surface area contributed by atoms with E-state index in [1.807, 2.05) is 11.0 Å². The van der Waals surface area contributed by atoms with Gasteiger partial charge in [-0.15, -0.1) is 0 Å². The largest absolute Gasteiger partial charge is 0.336 e. The Morgan fingerprint density at radius 1 is 1.56 bits per heavy atom. The molecule has 0 aromatic carbocycles. The van der Waals surface area contributed by atoms with Crippen LogP contribution >= 0.6 is 0 Å². The molecule has 0 aliphatic heterocycles. The predicted octanol–water partition coefficient (Wildman–Crippen LogP) is 1.95. The molecule has 0 radical (unpaired) electrons. The monoisotopic (exact) mass is 247 g/mol. The van der Waals surface area contributed by atoms with Crippen LogP contribution in [0.1, 0.15) is 48.7 Å². The Morgan fingerprint density at radius 2 is 2.33 bits per heavy atom. The molecule has 1 aliphatic rings. The van der Waals surface area contributed by atoms with Crippen molar-refractivity contribution in [1.82, 2.24) is 9.88 Å². The number of rotatable bonds is 6. The number of amides is 1. The van der Waals surface area contributed by atoms with E-state index in [4.69, 9.17) is 5.73 Å². The molecule has 4 nitrogen and oxygen atoms in total. The summed E-state index contributed by atoms with van der Waals surface area (Å²) in [5.41, 5.74) is 7.05. The van der Waals surface area contributed by atoms with Crippen molar-refractivity contribution in [2.45, 2.75) is 45.2 Å². The Balaban J connectivity index is 2.11. The van der Waals surface area contributed by atoms with Gasteiger partial charge in [-0.25, -0.2) is 0 Å². The predicted molar refractivity (Wildman–Crippen MR) is 71.1 cm³/mol. The third kappa shape index (κ3) is 3.07. The summed E-state index contributed by atoms with van der Waals surface area (Å²) in [4.78, 5) is 18.6. The molecule has 0 atom stereocenters. The molecule has 0 spiro atoms. The molecule has 98 valence electrons. The normalized spacial score (nSPS) is 14.6. The van der Waals surface area contributed by atoms with Gasteiger partial charge in [-0.1, -0.05) is 13.3 Å². The molecule has 1 aromatic heterocycles. The van der Waals surface area contributed by atoms with E-state index >= 15 is 0 Å². The molecule has 1 amide bonds. The first-order valence-electron chi connectivity index (χ1n) is 6.72. The summed E-state index contributed by atoms with van der Waals surface area (Å²) in [5, 5.41) is 0. The van der Waals surface area contributed by atoms with Crippen LogP contribution < -0.4 is 5.73 Å². The lowest BCUT2D eigenvalue weighted by Crippen LogP contribution is -2.34. The third-order valence-electron chi connectivity index (χ3n) is 3.27. The zero-order valence-corrected chi connectivity index (χ0v) is 10.9. The molecule has 0 saturated heterocycles. The molecule has 0 bridgehead atoms. The number of nitrogens with two attached hydrogens (primary N) is 1. The van der Waals surface area contributed by atoms with Crippen LogP contribution in [0.4, 0.5) is 0 Å². The van der Waals surface area contributed by atoms with Crippen molar-refractivity contribution in [3.63, 3.8) is 0 Å². The number of unbranched alkanes of at least 4 members (excludes halogenated alkanes) is 1. The lowest BCUT2D eigenvalue weighted by atomic mass is 10.2. The Kier molecular flexibility index (Phi) is 4.31. The molecular formula is C14H21N3O. The maximum absolute atomic E-state index is 12.5. The van der Waals surface area contributed by atoms with Crippen LogP contribution in [0.25, 0.3) is 0 Å². The average Bonchev–Trinajstić information content (AvgIpc) is 3.23. The molecule has 1 saturated carbocycles. The molecule has 18 heavy (non-hydrogen) atoms. The van der Waals surface area contributed by atoms with Crippen molar-refractivity contribution in [2.24, 2.45) is 5.73 Å². The second kappa shape index (κ2) is 5.96. The van der Waals surface area contributed by atoms with Gasteiger partial charge in [0.2, 0.25) is 0 Å². The number of nitrogens with zero attached hydrogens (tertiary/aromatic N) is 2. The van der Waals surface area contributed by atoms with Crippen LogP contribution in [0.5, 0.6) is 0 Å². The van der Waals surface area contributed by atoms with Crippen molar-refractivity contribution in [2.75, 3.05) is 6.54 Å². The summed E-state index contributed by atoms with van der Waals surface area (Å²) in [6.45, 7) is 3.38. The van der Waals surface area contributed by atoms with Crippen molar-refractivity contribution in [3.05, 3.63) is 29.6 Å². The Hall–Kier alpha value is -1.42. The minimum Gasteiger partial charge on any atom is -0.336 e. The first-order valence-corrected chi connectivity index (χ1v) is 6.72. The van der Waals surface area contributed by atoms with Gasteiger partial charge in [0.05, 0.1) is 5.69 Å². The van der Waals surface area contributed by atoms with E-state index in [2.05, 4.69) is 11.9 Å². The number of aromatic nitrogens is 1. The molecule has 1 aromatic rings. The molecule has 1 heterocycles. The topological polar surface area (TPSA) is 59.2 Å². The van der Waals surface area contributed by atoms with Crippen LogP contribution in [-0.4, -0.2) is 28.4 Å². The number of pyridine rings is 1. The molecule has 2 N–H and O–H groups in total. The lowest BCUT2D eigenvalue weighted by Gasteiger charge is -2.22. The number of hydrogen-bond donors (Lipinski definition) is 1. The lowest BCUT2D eigenvalue weighted by molar-refractivity contribution is 0.0740. The molecule has 4 heteroatoms. The van der Waals surface area contributed by atoms with Crippen LogP contribution in [-0.2, 0) is 6.54 Å². The van der Waals surface area contributed by atoms with E-state index in [0.717, 1.165) is 37.9 Å². The summed E-state index contributed by atoms with van der Waals surface area (Å²) in [6, 6.07) is 4.05. The Labute approximate surface area is 108 Å². The summed E-state index contributed by atoms with van der Waals surface area (Å²) in [5.74, 6) is 0.128. The molecule has 0 unspecified atom stereocenters. The van der Waals surface area contributed by atoms with E-state index in [0.29, 0.717) is 18.2 Å². The first kappa shape index (κ1) is 13.0.